The summed E-state index contributed by atoms with van der Waals surface area (Å²) in [5, 5.41) is 10.9. The molecule has 3 aromatic rings. The van der Waals surface area contributed by atoms with Gasteiger partial charge in [-0.25, -0.2) is 14.4 Å². The second-order valence-corrected chi connectivity index (χ2v) is 11.8. The third-order valence-corrected chi connectivity index (χ3v) is 7.54. The molecule has 12 heteroatoms. The van der Waals surface area contributed by atoms with Crippen molar-refractivity contribution < 1.29 is 33.4 Å². The smallest absolute Gasteiger partial charge is 0.408 e. The Morgan fingerprint density at radius 2 is 1.50 bits per heavy atom. The maximum Gasteiger partial charge on any atom is 0.408 e. The highest BCUT2D eigenvalue weighted by Crippen LogP contribution is 2.17. The van der Waals surface area contributed by atoms with Crippen LogP contribution in [0.25, 0.3) is 0 Å². The average Bonchev–Trinajstić information content (AvgIpc) is 3.07. The maximum absolute atomic E-state index is 13.3. The molecule has 0 spiro atoms. The van der Waals surface area contributed by atoms with Gasteiger partial charge in [0.2, 0.25) is 11.8 Å². The molecule has 3 aromatic carbocycles. The van der Waals surface area contributed by atoms with Crippen LogP contribution in [0.3, 0.4) is 0 Å². The molecule has 0 aliphatic rings. The summed E-state index contributed by atoms with van der Waals surface area (Å²) in [6, 6.07) is 21.3. The van der Waals surface area contributed by atoms with Crippen LogP contribution < -0.4 is 21.3 Å². The zero-order chi connectivity index (χ0) is 35.1. The Balaban J connectivity index is 1.52. The minimum atomic E-state index is -1.05. The number of rotatable bonds is 15. The minimum Gasteiger partial charge on any atom is -0.467 e. The van der Waals surface area contributed by atoms with E-state index in [0.717, 1.165) is 11.1 Å². The normalized spacial score (nSPS) is 11.9. The summed E-state index contributed by atoms with van der Waals surface area (Å²) in [5.41, 5.74) is 3.71. The molecule has 0 aromatic heterocycles. The first kappa shape index (κ1) is 37.1. The van der Waals surface area contributed by atoms with Crippen molar-refractivity contribution in [2.45, 2.75) is 58.7 Å². The van der Waals surface area contributed by atoms with Gasteiger partial charge in [0.1, 0.15) is 18.7 Å². The number of aryl methyl sites for hydroxylation is 1. The molecule has 48 heavy (non-hydrogen) atoms. The van der Waals surface area contributed by atoms with Gasteiger partial charge >= 0.3 is 18.1 Å². The van der Waals surface area contributed by atoms with Gasteiger partial charge in [0, 0.05) is 25.0 Å². The lowest BCUT2D eigenvalue weighted by Gasteiger charge is -2.29. The summed E-state index contributed by atoms with van der Waals surface area (Å²) >= 11 is 0. The first-order chi connectivity index (χ1) is 23.0. The van der Waals surface area contributed by atoms with E-state index in [0.29, 0.717) is 23.4 Å². The molecule has 0 fully saturated rings. The molecule has 0 radical (unpaired) electrons. The van der Waals surface area contributed by atoms with Crippen molar-refractivity contribution in [2.24, 2.45) is 5.92 Å². The molecule has 12 nitrogen and oxygen atoms in total. The van der Waals surface area contributed by atoms with Crippen molar-refractivity contribution >= 4 is 41.3 Å². The van der Waals surface area contributed by atoms with Gasteiger partial charge in [0.25, 0.3) is 0 Å². The number of ether oxygens (including phenoxy) is 2. The van der Waals surface area contributed by atoms with Gasteiger partial charge < -0.3 is 35.6 Å². The van der Waals surface area contributed by atoms with Gasteiger partial charge in [0.15, 0.2) is 0 Å². The zero-order valence-electron chi connectivity index (χ0n) is 28.1. The molecule has 256 valence electrons. The highest BCUT2D eigenvalue weighted by atomic mass is 16.6. The number of carbonyl (C=O) groups excluding carboxylic acids is 5. The van der Waals surface area contributed by atoms with E-state index in [1.165, 1.54) is 12.0 Å². The van der Waals surface area contributed by atoms with E-state index in [1.807, 2.05) is 63.2 Å². The summed E-state index contributed by atoms with van der Waals surface area (Å²) < 4.78 is 10.0. The summed E-state index contributed by atoms with van der Waals surface area (Å²) in [4.78, 5) is 65.1. The number of carbonyl (C=O) groups is 5. The van der Waals surface area contributed by atoms with Crippen molar-refractivity contribution in [1.82, 2.24) is 15.5 Å². The fourth-order valence-corrected chi connectivity index (χ4v) is 4.82. The molecule has 4 N–H and O–H groups in total. The maximum atomic E-state index is 13.3. The lowest BCUT2D eigenvalue weighted by atomic mass is 10.0. The van der Waals surface area contributed by atoms with Gasteiger partial charge in [-0.05, 0) is 60.6 Å². The number of nitrogens with zero attached hydrogens (tertiary/aromatic N) is 1. The first-order valence-electron chi connectivity index (χ1n) is 15.8. The highest BCUT2D eigenvalue weighted by Gasteiger charge is 2.29. The molecule has 2 atom stereocenters. The predicted octanol–water partition coefficient (Wildman–Crippen LogP) is 5.03. The van der Waals surface area contributed by atoms with E-state index in [4.69, 9.17) is 9.47 Å². The molecule has 0 bridgehead atoms. The van der Waals surface area contributed by atoms with Crippen LogP contribution >= 0.6 is 0 Å². The van der Waals surface area contributed by atoms with E-state index >= 15 is 0 Å². The number of benzene rings is 3. The van der Waals surface area contributed by atoms with Gasteiger partial charge in [-0.1, -0.05) is 74.5 Å². The number of urea groups is 1. The molecular formula is C36H45N5O7. The van der Waals surface area contributed by atoms with Crippen molar-refractivity contribution in [3.63, 3.8) is 0 Å². The molecule has 0 heterocycles. The predicted molar refractivity (Wildman–Crippen MR) is 183 cm³/mol. The number of alkyl carbamates (subject to hydrolysis) is 1. The van der Waals surface area contributed by atoms with Gasteiger partial charge in [0.05, 0.1) is 13.5 Å². The number of methoxy groups -OCH3 is 1. The Bertz CT molecular complexity index is 1530. The lowest BCUT2D eigenvalue weighted by Crippen LogP contribution is -2.50. The Morgan fingerprint density at radius 3 is 2.15 bits per heavy atom. The minimum absolute atomic E-state index is 0.0290. The van der Waals surface area contributed by atoms with Crippen molar-refractivity contribution in [1.29, 1.82) is 0 Å². The number of esters is 1. The van der Waals surface area contributed by atoms with Crippen LogP contribution in [0.4, 0.5) is 21.0 Å². The number of para-hydroxylation sites is 1. The molecule has 0 unspecified atom stereocenters. The molecule has 3 rings (SSSR count). The van der Waals surface area contributed by atoms with Crippen LogP contribution in [-0.2, 0) is 36.9 Å². The van der Waals surface area contributed by atoms with Crippen LogP contribution in [0.5, 0.6) is 0 Å². The van der Waals surface area contributed by atoms with E-state index in [2.05, 4.69) is 21.3 Å². The van der Waals surface area contributed by atoms with Crippen LogP contribution in [0.1, 0.15) is 43.4 Å². The molecule has 0 saturated carbocycles. The Morgan fingerprint density at radius 1 is 0.833 bits per heavy atom. The SMILES string of the molecule is COC(=O)[C@H](CCNC(=O)[C@H](CC(C)C)N(C)C(=O)Cc1ccc(NC(=O)Nc2ccccc2C)cc1)NC(=O)OCc1ccccc1. The summed E-state index contributed by atoms with van der Waals surface area (Å²) in [7, 11) is 2.79. The van der Waals surface area contributed by atoms with E-state index in [1.54, 1.807) is 43.4 Å². The van der Waals surface area contributed by atoms with Gasteiger partial charge in [-0.15, -0.1) is 0 Å². The molecule has 5 amide bonds. The van der Waals surface area contributed by atoms with Crippen molar-refractivity contribution in [2.75, 3.05) is 31.3 Å². The Hall–Kier alpha value is -5.39. The van der Waals surface area contributed by atoms with Crippen molar-refractivity contribution in [3.05, 3.63) is 95.6 Å². The molecule has 0 saturated heterocycles. The number of anilines is 2. The van der Waals surface area contributed by atoms with Gasteiger partial charge in [-0.3, -0.25) is 9.59 Å². The fraction of sp³-hybridized carbons (Fsp3) is 0.361. The van der Waals surface area contributed by atoms with Gasteiger partial charge in [-0.2, -0.15) is 0 Å². The van der Waals surface area contributed by atoms with E-state index < -0.39 is 24.1 Å². The third kappa shape index (κ3) is 12.1. The van der Waals surface area contributed by atoms with Crippen LogP contribution in [0.15, 0.2) is 78.9 Å². The average molecular weight is 660 g/mol. The highest BCUT2D eigenvalue weighted by molar-refractivity contribution is 6.00. The van der Waals surface area contributed by atoms with Crippen LogP contribution in [0.2, 0.25) is 0 Å². The Labute approximate surface area is 281 Å². The molecule has 0 aliphatic carbocycles. The second kappa shape index (κ2) is 18.7. The van der Waals surface area contributed by atoms with Crippen LogP contribution in [-0.4, -0.2) is 67.6 Å². The second-order valence-electron chi connectivity index (χ2n) is 11.8. The number of hydrogen-bond donors (Lipinski definition) is 4. The monoisotopic (exact) mass is 659 g/mol. The fourth-order valence-electron chi connectivity index (χ4n) is 4.82. The third-order valence-electron chi connectivity index (χ3n) is 7.54. The van der Waals surface area contributed by atoms with Crippen LogP contribution in [0, 0.1) is 12.8 Å². The first-order valence-corrected chi connectivity index (χ1v) is 15.8. The lowest BCUT2D eigenvalue weighted by molar-refractivity contribution is -0.143. The quantitative estimate of drug-likeness (QED) is 0.167. The number of hydrogen-bond acceptors (Lipinski definition) is 7. The zero-order valence-corrected chi connectivity index (χ0v) is 28.1. The summed E-state index contributed by atoms with van der Waals surface area (Å²) in [6.07, 6.45) is -0.280. The molecular weight excluding hydrogens is 614 g/mol. The standard InChI is InChI=1S/C36H45N5O7/c1-24(2)21-31(33(43)37-20-19-30(34(44)47-5)40-36(46)48-23-27-12-7-6-8-13-27)41(4)32(42)22-26-15-17-28(18-16-26)38-35(45)39-29-14-10-9-11-25(29)3/h6-18,24,30-31H,19-23H2,1-5H3,(H,37,43)(H,40,46)(H2,38,39,45)/t30-,31-/m0/s1. The Kier molecular flexibility index (Phi) is 14.4. The van der Waals surface area contributed by atoms with E-state index in [-0.39, 0.29) is 49.8 Å². The van der Waals surface area contributed by atoms with Crippen molar-refractivity contribution in [3.8, 4) is 0 Å². The number of nitrogens with one attached hydrogen (secondary N) is 4. The largest absolute Gasteiger partial charge is 0.467 e. The number of amides is 5. The summed E-state index contributed by atoms with van der Waals surface area (Å²) in [5.74, 6) is -1.21. The van der Waals surface area contributed by atoms with E-state index in [9.17, 15) is 24.0 Å². The topological polar surface area (TPSA) is 155 Å². The number of likely N-dealkylation sites (N-methyl/N-ethyl adjacent to an activating group) is 1. The molecule has 0 aliphatic heterocycles. The summed E-state index contributed by atoms with van der Waals surface area (Å²) in [6.45, 7) is 5.89.